The predicted octanol–water partition coefficient (Wildman–Crippen LogP) is 4.73. The number of nitrogens with zero attached hydrogens (tertiary/aromatic N) is 1. The van der Waals surface area contributed by atoms with Crippen LogP contribution in [0.15, 0.2) is 30.8 Å². The lowest BCUT2D eigenvalue weighted by Crippen LogP contribution is -2.54. The number of ether oxygens (including phenoxy) is 1. The molecule has 7 heteroatoms. The van der Waals surface area contributed by atoms with E-state index in [2.05, 4.69) is 17.2 Å². The molecule has 0 saturated heterocycles. The molecule has 0 aliphatic heterocycles. The summed E-state index contributed by atoms with van der Waals surface area (Å²) < 4.78 is 5.28. The molecule has 2 N–H and O–H groups in total. The van der Waals surface area contributed by atoms with Crippen molar-refractivity contribution >= 4 is 24.0 Å². The zero-order chi connectivity index (χ0) is 24.7. The van der Waals surface area contributed by atoms with Gasteiger partial charge >= 0.3 is 6.09 Å². The second-order valence-corrected chi connectivity index (χ2v) is 10.4. The van der Waals surface area contributed by atoms with Gasteiger partial charge in [0.05, 0.1) is 0 Å². The van der Waals surface area contributed by atoms with Crippen molar-refractivity contribution in [2.75, 3.05) is 6.54 Å². The van der Waals surface area contributed by atoms with Crippen LogP contribution in [0.5, 0.6) is 0 Å². The number of hydrogen-bond donors (Lipinski definition) is 2. The minimum Gasteiger partial charge on any atom is -0.444 e. The van der Waals surface area contributed by atoms with E-state index in [-0.39, 0.29) is 30.4 Å². The van der Waals surface area contributed by atoms with Crippen molar-refractivity contribution in [3.8, 4) is 0 Å². The van der Waals surface area contributed by atoms with Gasteiger partial charge in [-0.15, -0.1) is 0 Å². The predicted molar refractivity (Wildman–Crippen MR) is 133 cm³/mol. The van der Waals surface area contributed by atoms with Crippen LogP contribution >= 0.6 is 0 Å². The third kappa shape index (κ3) is 7.08. The average molecular weight is 470 g/mol. The first-order chi connectivity index (χ1) is 16.2. The molecule has 2 aliphatic rings. The van der Waals surface area contributed by atoms with Gasteiger partial charge in [-0.1, -0.05) is 50.1 Å². The van der Waals surface area contributed by atoms with Crippen molar-refractivity contribution in [3.63, 3.8) is 0 Å². The molecule has 2 aliphatic carbocycles. The van der Waals surface area contributed by atoms with Crippen LogP contribution in [-0.2, 0) is 14.3 Å². The van der Waals surface area contributed by atoms with Gasteiger partial charge in [0.15, 0.2) is 0 Å². The van der Waals surface area contributed by atoms with Crippen LogP contribution in [0.1, 0.15) is 89.3 Å². The Balaban J connectivity index is 1.85. The monoisotopic (exact) mass is 469 g/mol. The summed E-state index contributed by atoms with van der Waals surface area (Å²) in [7, 11) is 0. The number of benzene rings is 1. The molecular weight excluding hydrogens is 430 g/mol. The lowest BCUT2D eigenvalue weighted by Gasteiger charge is -2.42. The number of carbonyl (C=O) groups is 3. The molecule has 1 aromatic rings. The maximum atomic E-state index is 13.7. The van der Waals surface area contributed by atoms with Crippen LogP contribution in [0.4, 0.5) is 4.79 Å². The van der Waals surface area contributed by atoms with E-state index in [1.165, 1.54) is 6.42 Å². The van der Waals surface area contributed by atoms with E-state index in [0.29, 0.717) is 0 Å². The molecule has 0 heterocycles. The van der Waals surface area contributed by atoms with Crippen LogP contribution in [-0.4, -0.2) is 47.0 Å². The third-order valence-electron chi connectivity index (χ3n) is 6.48. The highest BCUT2D eigenvalue weighted by atomic mass is 16.6. The summed E-state index contributed by atoms with van der Waals surface area (Å²) in [4.78, 5) is 41.0. The minimum absolute atomic E-state index is 0.0394. The Kier molecular flexibility index (Phi) is 8.75. The van der Waals surface area contributed by atoms with Gasteiger partial charge in [0, 0.05) is 12.1 Å². The van der Waals surface area contributed by atoms with E-state index in [1.54, 1.807) is 31.7 Å². The fraction of sp³-hybridized carbons (Fsp3) is 0.593. The molecule has 7 nitrogen and oxygen atoms in total. The lowest BCUT2D eigenvalue weighted by molar-refractivity contribution is -0.145. The van der Waals surface area contributed by atoms with Gasteiger partial charge in [-0.3, -0.25) is 9.59 Å². The Morgan fingerprint density at radius 3 is 2.41 bits per heavy atom. The van der Waals surface area contributed by atoms with Crippen molar-refractivity contribution in [1.82, 2.24) is 15.5 Å². The fourth-order valence-corrected chi connectivity index (χ4v) is 4.60. The largest absolute Gasteiger partial charge is 0.444 e. The molecular formula is C27H39N3O4. The van der Waals surface area contributed by atoms with E-state index in [4.69, 9.17) is 4.74 Å². The number of carbonyl (C=O) groups excluding carboxylic acids is 3. The van der Waals surface area contributed by atoms with E-state index in [9.17, 15) is 14.4 Å². The Morgan fingerprint density at radius 2 is 1.82 bits per heavy atom. The minimum atomic E-state index is -0.764. The van der Waals surface area contributed by atoms with Crippen LogP contribution < -0.4 is 10.6 Å². The molecule has 3 amide bonds. The smallest absolute Gasteiger partial charge is 0.408 e. The standard InChI is InChI=1S/C27H39N3O4/c1-5-19-11-9-12-20(17-19)24(25(32)29-21-13-7-6-8-14-21)30(22-15-10-16-22)23(31)18-28-26(33)34-27(2,3)4/h5,9,11-12,17,21-22,24H,1,6-8,10,13-16,18H2,2-4H3,(H,28,33)(H,29,32). The van der Waals surface area contributed by atoms with Gasteiger partial charge in [-0.2, -0.15) is 0 Å². The van der Waals surface area contributed by atoms with E-state index >= 15 is 0 Å². The summed E-state index contributed by atoms with van der Waals surface area (Å²) in [6, 6.07) is 6.94. The molecule has 1 unspecified atom stereocenters. The van der Waals surface area contributed by atoms with Crippen molar-refractivity contribution in [2.24, 2.45) is 0 Å². The van der Waals surface area contributed by atoms with Crippen molar-refractivity contribution in [3.05, 3.63) is 42.0 Å². The third-order valence-corrected chi connectivity index (χ3v) is 6.48. The highest BCUT2D eigenvalue weighted by Crippen LogP contribution is 2.34. The van der Waals surface area contributed by atoms with Gasteiger partial charge in [-0.25, -0.2) is 4.79 Å². The Labute approximate surface area is 203 Å². The first-order valence-corrected chi connectivity index (χ1v) is 12.5. The molecule has 1 aromatic carbocycles. The number of amides is 3. The van der Waals surface area contributed by atoms with E-state index in [1.807, 2.05) is 24.3 Å². The van der Waals surface area contributed by atoms with Gasteiger partial charge in [0.2, 0.25) is 11.8 Å². The summed E-state index contributed by atoms with van der Waals surface area (Å²) in [6.45, 7) is 8.94. The van der Waals surface area contributed by atoms with Gasteiger partial charge in [0.1, 0.15) is 18.2 Å². The van der Waals surface area contributed by atoms with Gasteiger partial charge in [0.25, 0.3) is 0 Å². The number of rotatable bonds is 8. The molecule has 0 spiro atoms. The van der Waals surface area contributed by atoms with Gasteiger partial charge < -0.3 is 20.3 Å². The van der Waals surface area contributed by atoms with E-state index in [0.717, 1.165) is 56.1 Å². The van der Waals surface area contributed by atoms with Crippen molar-refractivity contribution in [2.45, 2.75) is 95.9 Å². The molecule has 0 aromatic heterocycles. The average Bonchev–Trinajstić information content (AvgIpc) is 2.75. The number of alkyl carbamates (subject to hydrolysis) is 1. The number of hydrogen-bond acceptors (Lipinski definition) is 4. The molecule has 2 fully saturated rings. The topological polar surface area (TPSA) is 87.7 Å². The van der Waals surface area contributed by atoms with Crippen molar-refractivity contribution < 1.29 is 19.1 Å². The normalized spacial score (nSPS) is 17.7. The second kappa shape index (κ2) is 11.5. The van der Waals surface area contributed by atoms with Gasteiger partial charge in [-0.05, 0) is 70.1 Å². The maximum absolute atomic E-state index is 13.7. The quantitative estimate of drug-likeness (QED) is 0.576. The Bertz CT molecular complexity index is 882. The summed E-state index contributed by atoms with van der Waals surface area (Å²) >= 11 is 0. The summed E-state index contributed by atoms with van der Waals surface area (Å²) in [5.41, 5.74) is 0.984. The molecule has 0 bridgehead atoms. The first kappa shape index (κ1) is 25.8. The Morgan fingerprint density at radius 1 is 1.12 bits per heavy atom. The first-order valence-electron chi connectivity index (χ1n) is 12.5. The Hall–Kier alpha value is -2.83. The molecule has 3 rings (SSSR count). The highest BCUT2D eigenvalue weighted by Gasteiger charge is 2.39. The number of nitrogens with one attached hydrogen (secondary N) is 2. The SMILES string of the molecule is C=Cc1cccc(C(C(=O)NC2CCCCC2)N(C(=O)CNC(=O)OC(C)(C)C)C2CCC2)c1. The summed E-state index contributed by atoms with van der Waals surface area (Å²) in [6.07, 6.45) is 9.10. The highest BCUT2D eigenvalue weighted by molar-refractivity contribution is 5.91. The van der Waals surface area contributed by atoms with E-state index < -0.39 is 17.7 Å². The van der Waals surface area contributed by atoms with Crippen LogP contribution in [0, 0.1) is 0 Å². The lowest BCUT2D eigenvalue weighted by atomic mass is 9.88. The van der Waals surface area contributed by atoms with Crippen molar-refractivity contribution in [1.29, 1.82) is 0 Å². The molecule has 1 atom stereocenters. The zero-order valence-electron chi connectivity index (χ0n) is 20.8. The molecule has 0 radical (unpaired) electrons. The molecule has 186 valence electrons. The second-order valence-electron chi connectivity index (χ2n) is 10.4. The zero-order valence-corrected chi connectivity index (χ0v) is 20.8. The maximum Gasteiger partial charge on any atom is 0.408 e. The fourth-order valence-electron chi connectivity index (χ4n) is 4.60. The summed E-state index contributed by atoms with van der Waals surface area (Å²) in [5, 5.41) is 5.79. The van der Waals surface area contributed by atoms with Crippen LogP contribution in [0.25, 0.3) is 6.08 Å². The molecule has 2 saturated carbocycles. The van der Waals surface area contributed by atoms with Crippen LogP contribution in [0.2, 0.25) is 0 Å². The molecule has 34 heavy (non-hydrogen) atoms. The van der Waals surface area contributed by atoms with Crippen LogP contribution in [0.3, 0.4) is 0 Å². The summed E-state index contributed by atoms with van der Waals surface area (Å²) in [5.74, 6) is -0.450.